The molecule has 1 heterocycles. The summed E-state index contributed by atoms with van der Waals surface area (Å²) in [6.45, 7) is 0.176. The fourth-order valence-electron chi connectivity index (χ4n) is 1.58. The molecule has 0 bridgehead atoms. The second-order valence-corrected chi connectivity index (χ2v) is 3.68. The van der Waals surface area contributed by atoms with Crippen LogP contribution in [-0.2, 0) is 11.3 Å². The van der Waals surface area contributed by atoms with Gasteiger partial charge in [0.1, 0.15) is 6.10 Å². The van der Waals surface area contributed by atoms with Crippen LogP contribution in [0.5, 0.6) is 0 Å². The molecule has 1 unspecified atom stereocenters. The number of alkyl halides is 2. The Morgan fingerprint density at radius 3 is 2.67 bits per heavy atom. The summed E-state index contributed by atoms with van der Waals surface area (Å²) in [5.74, 6) is -2.74. The Balaban J connectivity index is 1.89. The van der Waals surface area contributed by atoms with E-state index in [2.05, 4.69) is 5.32 Å². The van der Waals surface area contributed by atoms with Crippen molar-refractivity contribution in [1.29, 1.82) is 0 Å². The van der Waals surface area contributed by atoms with Crippen LogP contribution in [0.25, 0.3) is 0 Å². The summed E-state index contributed by atoms with van der Waals surface area (Å²) in [5.41, 5.74) is 0.917. The van der Waals surface area contributed by atoms with Crippen LogP contribution < -0.4 is 5.32 Å². The molecule has 1 aliphatic rings. The van der Waals surface area contributed by atoms with Gasteiger partial charge in [0, 0.05) is 6.54 Å². The van der Waals surface area contributed by atoms with Crippen LogP contribution in [0.1, 0.15) is 5.56 Å². The van der Waals surface area contributed by atoms with Gasteiger partial charge in [0.05, 0.1) is 13.2 Å². The zero-order valence-electron chi connectivity index (χ0n) is 8.25. The van der Waals surface area contributed by atoms with E-state index in [0.29, 0.717) is 0 Å². The lowest BCUT2D eigenvalue weighted by atomic mass is 10.2. The molecule has 0 radical (unpaired) electrons. The normalized spacial score (nSPS) is 24.3. The van der Waals surface area contributed by atoms with Crippen molar-refractivity contribution >= 4 is 0 Å². The Morgan fingerprint density at radius 2 is 2.07 bits per heavy atom. The van der Waals surface area contributed by atoms with E-state index in [1.165, 1.54) is 0 Å². The highest BCUT2D eigenvalue weighted by Gasteiger charge is 2.44. The Morgan fingerprint density at radius 1 is 1.33 bits per heavy atom. The van der Waals surface area contributed by atoms with Gasteiger partial charge < -0.3 is 10.1 Å². The Bertz CT molecular complexity index is 316. The van der Waals surface area contributed by atoms with Crippen LogP contribution in [0.3, 0.4) is 0 Å². The molecule has 1 atom stereocenters. The minimum Gasteiger partial charge on any atom is -0.366 e. The van der Waals surface area contributed by atoms with Gasteiger partial charge in [0.25, 0.3) is 5.92 Å². The van der Waals surface area contributed by atoms with Gasteiger partial charge in [-0.05, 0) is 5.56 Å². The zero-order valence-corrected chi connectivity index (χ0v) is 8.25. The standard InChI is InChI=1S/C11H13F2NO/c12-11(13)8-14-6-10(11)15-7-9-4-2-1-3-5-9/h1-5,10,14H,6-8H2. The van der Waals surface area contributed by atoms with E-state index in [4.69, 9.17) is 4.74 Å². The highest BCUT2D eigenvalue weighted by atomic mass is 19.3. The number of hydrogen-bond donors (Lipinski definition) is 1. The highest BCUT2D eigenvalue weighted by molar-refractivity contribution is 5.13. The average molecular weight is 213 g/mol. The lowest BCUT2D eigenvalue weighted by molar-refractivity contribution is -0.110. The molecule has 15 heavy (non-hydrogen) atoms. The Kier molecular flexibility index (Phi) is 2.98. The van der Waals surface area contributed by atoms with E-state index in [1.54, 1.807) is 0 Å². The zero-order chi connectivity index (χ0) is 10.7. The van der Waals surface area contributed by atoms with Crippen molar-refractivity contribution in [3.8, 4) is 0 Å². The van der Waals surface area contributed by atoms with Crippen LogP contribution in [0.2, 0.25) is 0 Å². The predicted molar refractivity (Wildman–Crippen MR) is 52.8 cm³/mol. The molecule has 2 nitrogen and oxygen atoms in total. The van der Waals surface area contributed by atoms with Gasteiger partial charge in [0.2, 0.25) is 0 Å². The van der Waals surface area contributed by atoms with Crippen molar-refractivity contribution < 1.29 is 13.5 Å². The number of ether oxygens (including phenoxy) is 1. The van der Waals surface area contributed by atoms with Gasteiger partial charge in [-0.3, -0.25) is 0 Å². The van der Waals surface area contributed by atoms with E-state index in [1.807, 2.05) is 30.3 Å². The second-order valence-electron chi connectivity index (χ2n) is 3.68. The van der Waals surface area contributed by atoms with E-state index in [0.717, 1.165) is 5.56 Å². The largest absolute Gasteiger partial charge is 0.366 e. The van der Waals surface area contributed by atoms with Crippen LogP contribution in [0, 0.1) is 0 Å². The van der Waals surface area contributed by atoms with Crippen LogP contribution >= 0.6 is 0 Å². The molecule has 0 saturated carbocycles. The molecule has 1 saturated heterocycles. The van der Waals surface area contributed by atoms with Crippen LogP contribution in [0.4, 0.5) is 8.78 Å². The predicted octanol–water partition coefficient (Wildman–Crippen LogP) is 1.81. The highest BCUT2D eigenvalue weighted by Crippen LogP contribution is 2.25. The summed E-state index contributed by atoms with van der Waals surface area (Å²) in [7, 11) is 0. The molecule has 2 rings (SSSR count). The van der Waals surface area contributed by atoms with Crippen LogP contribution in [-0.4, -0.2) is 25.1 Å². The molecule has 1 aromatic carbocycles. The smallest absolute Gasteiger partial charge is 0.287 e. The van der Waals surface area contributed by atoms with Crippen molar-refractivity contribution in [1.82, 2.24) is 5.32 Å². The Labute approximate surface area is 87.2 Å². The van der Waals surface area contributed by atoms with Gasteiger partial charge >= 0.3 is 0 Å². The second kappa shape index (κ2) is 4.24. The van der Waals surface area contributed by atoms with Crippen molar-refractivity contribution in [2.24, 2.45) is 0 Å². The van der Waals surface area contributed by atoms with E-state index in [9.17, 15) is 8.78 Å². The fraction of sp³-hybridized carbons (Fsp3) is 0.455. The first-order chi connectivity index (χ1) is 7.18. The summed E-state index contributed by atoms with van der Waals surface area (Å²) in [5, 5.41) is 2.62. The van der Waals surface area contributed by atoms with Crippen LogP contribution in [0.15, 0.2) is 30.3 Å². The molecule has 0 spiro atoms. The van der Waals surface area contributed by atoms with Crippen molar-refractivity contribution in [3.63, 3.8) is 0 Å². The van der Waals surface area contributed by atoms with Gasteiger partial charge in [0.15, 0.2) is 0 Å². The first-order valence-electron chi connectivity index (χ1n) is 4.92. The summed E-state index contributed by atoms with van der Waals surface area (Å²) < 4.78 is 31.4. The topological polar surface area (TPSA) is 21.3 Å². The number of rotatable bonds is 3. The number of nitrogens with one attached hydrogen (secondary N) is 1. The maximum Gasteiger partial charge on any atom is 0.287 e. The van der Waals surface area contributed by atoms with Crippen molar-refractivity contribution in [2.75, 3.05) is 13.1 Å². The van der Waals surface area contributed by atoms with Gasteiger partial charge in [-0.2, -0.15) is 0 Å². The van der Waals surface area contributed by atoms with Crippen molar-refractivity contribution in [2.45, 2.75) is 18.6 Å². The third kappa shape index (κ3) is 2.52. The van der Waals surface area contributed by atoms with Crippen molar-refractivity contribution in [3.05, 3.63) is 35.9 Å². The molecule has 1 fully saturated rings. The fourth-order valence-corrected chi connectivity index (χ4v) is 1.58. The molecule has 82 valence electrons. The molecule has 0 aliphatic carbocycles. The maximum atomic E-state index is 13.1. The quantitative estimate of drug-likeness (QED) is 0.826. The molecule has 0 amide bonds. The number of hydrogen-bond acceptors (Lipinski definition) is 2. The minimum atomic E-state index is -2.74. The molecular formula is C11H13F2NO. The van der Waals surface area contributed by atoms with E-state index < -0.39 is 12.0 Å². The molecule has 1 aliphatic heterocycles. The molecule has 1 aromatic rings. The minimum absolute atomic E-state index is 0.222. The summed E-state index contributed by atoms with van der Waals surface area (Å²) in [6, 6.07) is 9.34. The van der Waals surface area contributed by atoms with Gasteiger partial charge in [-0.1, -0.05) is 30.3 Å². The number of benzene rings is 1. The first kappa shape index (κ1) is 10.5. The lowest BCUT2D eigenvalue weighted by Crippen LogP contribution is -2.33. The third-order valence-electron chi connectivity index (χ3n) is 2.46. The monoisotopic (exact) mass is 213 g/mol. The molecule has 4 heteroatoms. The summed E-state index contributed by atoms with van der Waals surface area (Å²) >= 11 is 0. The summed E-state index contributed by atoms with van der Waals surface area (Å²) in [4.78, 5) is 0. The number of halogens is 2. The molecule has 1 N–H and O–H groups in total. The van der Waals surface area contributed by atoms with E-state index >= 15 is 0 Å². The van der Waals surface area contributed by atoms with E-state index in [-0.39, 0.29) is 19.7 Å². The van der Waals surface area contributed by atoms with Gasteiger partial charge in [-0.15, -0.1) is 0 Å². The first-order valence-corrected chi connectivity index (χ1v) is 4.92. The lowest BCUT2D eigenvalue weighted by Gasteiger charge is -2.18. The maximum absolute atomic E-state index is 13.1. The average Bonchev–Trinajstić information content (AvgIpc) is 2.56. The molecule has 0 aromatic heterocycles. The third-order valence-corrected chi connectivity index (χ3v) is 2.46. The summed E-state index contributed by atoms with van der Waals surface area (Å²) in [6.07, 6.45) is -1.00. The van der Waals surface area contributed by atoms with Gasteiger partial charge in [-0.25, -0.2) is 8.78 Å². The molecular weight excluding hydrogens is 200 g/mol. The SMILES string of the molecule is FC1(F)CNCC1OCc1ccccc1. The Hall–Kier alpha value is -1.00.